The molecule has 0 fully saturated rings. The molecule has 1 unspecified atom stereocenters. The zero-order valence-corrected chi connectivity index (χ0v) is 8.03. The lowest BCUT2D eigenvalue weighted by Crippen LogP contribution is -2.28. The molecule has 1 aliphatic rings. The normalized spacial score (nSPS) is 19.9. The Morgan fingerprint density at radius 3 is 3.36 bits per heavy atom. The van der Waals surface area contributed by atoms with E-state index in [0.29, 0.717) is 6.54 Å². The number of imidazole rings is 1. The van der Waals surface area contributed by atoms with Crippen molar-refractivity contribution in [3.63, 3.8) is 0 Å². The summed E-state index contributed by atoms with van der Waals surface area (Å²) in [6.07, 6.45) is 2.15. The quantitative estimate of drug-likeness (QED) is 0.729. The van der Waals surface area contributed by atoms with Gasteiger partial charge in [-0.05, 0) is 6.92 Å². The maximum absolute atomic E-state index is 10.5. The van der Waals surface area contributed by atoms with Crippen molar-refractivity contribution < 1.29 is 9.90 Å². The molecule has 76 valence electrons. The molecule has 0 saturated heterocycles. The third kappa shape index (κ3) is 1.71. The Hall–Kier alpha value is -1.52. The van der Waals surface area contributed by atoms with Gasteiger partial charge in [-0.25, -0.2) is 4.98 Å². The largest absolute Gasteiger partial charge is 0.481 e. The number of carboxylic acid groups (broad SMARTS) is 1. The predicted octanol–water partition coefficient (Wildman–Crippen LogP) is 0.708. The van der Waals surface area contributed by atoms with E-state index in [1.165, 1.54) is 0 Å². The molecule has 0 aromatic carbocycles. The van der Waals surface area contributed by atoms with Crippen LogP contribution in [0.2, 0.25) is 0 Å². The van der Waals surface area contributed by atoms with Crippen molar-refractivity contribution in [1.29, 1.82) is 0 Å². The van der Waals surface area contributed by atoms with E-state index in [1.54, 1.807) is 0 Å². The minimum Gasteiger partial charge on any atom is -0.481 e. The van der Waals surface area contributed by atoms with E-state index in [2.05, 4.69) is 10.3 Å². The number of hydrogen-bond donors (Lipinski definition) is 2. The Labute approximate surface area is 81.8 Å². The van der Waals surface area contributed by atoms with Gasteiger partial charge in [0.05, 0.1) is 12.1 Å². The molecule has 0 radical (unpaired) electrons. The summed E-state index contributed by atoms with van der Waals surface area (Å²) in [5.74, 6) is 0.273. The second-order valence-electron chi connectivity index (χ2n) is 3.70. The summed E-state index contributed by atoms with van der Waals surface area (Å²) >= 11 is 0. The topological polar surface area (TPSA) is 67.2 Å². The number of fused-ring (bicyclic) bond motifs is 1. The SMILES string of the molecule is Cc1cn2c(n1)NCC(CC(=O)O)C2. The second kappa shape index (κ2) is 3.32. The third-order valence-electron chi connectivity index (χ3n) is 2.36. The van der Waals surface area contributed by atoms with Gasteiger partial charge in [0.2, 0.25) is 5.95 Å². The van der Waals surface area contributed by atoms with Crippen LogP contribution >= 0.6 is 0 Å². The van der Waals surface area contributed by atoms with Gasteiger partial charge in [0, 0.05) is 25.2 Å². The van der Waals surface area contributed by atoms with E-state index in [1.807, 2.05) is 17.7 Å². The molecular formula is C9H13N3O2. The van der Waals surface area contributed by atoms with Crippen LogP contribution in [0.1, 0.15) is 12.1 Å². The lowest BCUT2D eigenvalue weighted by Gasteiger charge is -2.23. The molecule has 1 aromatic rings. The van der Waals surface area contributed by atoms with Crippen molar-refractivity contribution in [1.82, 2.24) is 9.55 Å². The summed E-state index contributed by atoms with van der Waals surface area (Å²) in [6, 6.07) is 0. The van der Waals surface area contributed by atoms with E-state index in [0.717, 1.165) is 18.2 Å². The Balaban J connectivity index is 2.09. The fourth-order valence-corrected chi connectivity index (χ4v) is 1.79. The zero-order valence-electron chi connectivity index (χ0n) is 8.03. The molecule has 5 nitrogen and oxygen atoms in total. The Morgan fingerprint density at radius 1 is 1.86 bits per heavy atom. The van der Waals surface area contributed by atoms with Crippen molar-refractivity contribution in [3.8, 4) is 0 Å². The summed E-state index contributed by atoms with van der Waals surface area (Å²) < 4.78 is 1.98. The Kier molecular flexibility index (Phi) is 2.15. The van der Waals surface area contributed by atoms with E-state index in [-0.39, 0.29) is 12.3 Å². The summed E-state index contributed by atoms with van der Waals surface area (Å²) in [6.45, 7) is 3.37. The number of carboxylic acids is 1. The van der Waals surface area contributed by atoms with Gasteiger partial charge in [0.15, 0.2) is 0 Å². The summed E-state index contributed by atoms with van der Waals surface area (Å²) in [5.41, 5.74) is 0.962. The van der Waals surface area contributed by atoms with Crippen LogP contribution < -0.4 is 5.32 Å². The van der Waals surface area contributed by atoms with Gasteiger partial charge in [-0.2, -0.15) is 0 Å². The van der Waals surface area contributed by atoms with Crippen molar-refractivity contribution in [2.75, 3.05) is 11.9 Å². The van der Waals surface area contributed by atoms with Crippen LogP contribution in [-0.2, 0) is 11.3 Å². The maximum Gasteiger partial charge on any atom is 0.303 e. The van der Waals surface area contributed by atoms with Gasteiger partial charge in [0.1, 0.15) is 0 Å². The van der Waals surface area contributed by atoms with Crippen LogP contribution in [-0.4, -0.2) is 27.2 Å². The Bertz CT molecular complexity index is 359. The van der Waals surface area contributed by atoms with Crippen LogP contribution in [0, 0.1) is 12.8 Å². The minimum absolute atomic E-state index is 0.161. The van der Waals surface area contributed by atoms with Crippen molar-refractivity contribution in [2.24, 2.45) is 5.92 Å². The molecule has 1 aromatic heterocycles. The highest BCUT2D eigenvalue weighted by Crippen LogP contribution is 2.19. The molecule has 2 heterocycles. The average molecular weight is 195 g/mol. The lowest BCUT2D eigenvalue weighted by molar-refractivity contribution is -0.138. The van der Waals surface area contributed by atoms with Gasteiger partial charge in [-0.3, -0.25) is 4.79 Å². The highest BCUT2D eigenvalue weighted by atomic mass is 16.4. The zero-order chi connectivity index (χ0) is 10.1. The van der Waals surface area contributed by atoms with Crippen LogP contribution in [0.3, 0.4) is 0 Å². The number of aryl methyl sites for hydroxylation is 1. The van der Waals surface area contributed by atoms with E-state index in [4.69, 9.17) is 5.11 Å². The van der Waals surface area contributed by atoms with Crippen LogP contribution in [0.25, 0.3) is 0 Å². The number of nitrogens with one attached hydrogen (secondary N) is 1. The molecule has 1 aliphatic heterocycles. The van der Waals surface area contributed by atoms with E-state index < -0.39 is 5.97 Å². The molecule has 0 saturated carbocycles. The Morgan fingerprint density at radius 2 is 2.64 bits per heavy atom. The molecule has 5 heteroatoms. The number of aromatic nitrogens is 2. The number of anilines is 1. The molecule has 0 amide bonds. The standard InChI is InChI=1S/C9H13N3O2/c1-6-4-12-5-7(2-8(13)14)3-10-9(12)11-6/h4,7H,2-3,5H2,1H3,(H,10,11)(H,13,14). The highest BCUT2D eigenvalue weighted by Gasteiger charge is 2.20. The molecule has 1 atom stereocenters. The highest BCUT2D eigenvalue weighted by molar-refractivity contribution is 5.67. The number of carbonyl (C=O) groups is 1. The molecular weight excluding hydrogens is 182 g/mol. The number of hydrogen-bond acceptors (Lipinski definition) is 3. The molecule has 2 rings (SSSR count). The smallest absolute Gasteiger partial charge is 0.303 e. The fraction of sp³-hybridized carbons (Fsp3) is 0.556. The van der Waals surface area contributed by atoms with Crippen LogP contribution in [0.4, 0.5) is 5.95 Å². The molecule has 0 bridgehead atoms. The monoisotopic (exact) mass is 195 g/mol. The molecule has 2 N–H and O–H groups in total. The molecule has 0 spiro atoms. The molecule has 0 aliphatic carbocycles. The fourth-order valence-electron chi connectivity index (χ4n) is 1.79. The summed E-state index contributed by atoms with van der Waals surface area (Å²) in [4.78, 5) is 14.8. The molecule has 14 heavy (non-hydrogen) atoms. The van der Waals surface area contributed by atoms with Gasteiger partial charge in [-0.1, -0.05) is 0 Å². The van der Waals surface area contributed by atoms with E-state index >= 15 is 0 Å². The van der Waals surface area contributed by atoms with Crippen LogP contribution in [0.5, 0.6) is 0 Å². The predicted molar refractivity (Wildman–Crippen MR) is 51.2 cm³/mol. The van der Waals surface area contributed by atoms with Crippen molar-refractivity contribution in [3.05, 3.63) is 11.9 Å². The third-order valence-corrected chi connectivity index (χ3v) is 2.36. The van der Waals surface area contributed by atoms with Gasteiger partial charge in [-0.15, -0.1) is 0 Å². The second-order valence-corrected chi connectivity index (χ2v) is 3.70. The maximum atomic E-state index is 10.5. The lowest BCUT2D eigenvalue weighted by atomic mass is 10.0. The number of aliphatic carboxylic acids is 1. The van der Waals surface area contributed by atoms with Gasteiger partial charge < -0.3 is 15.0 Å². The first kappa shape index (κ1) is 9.05. The van der Waals surface area contributed by atoms with Gasteiger partial charge in [0.25, 0.3) is 0 Å². The first-order valence-corrected chi connectivity index (χ1v) is 4.64. The minimum atomic E-state index is -0.739. The summed E-state index contributed by atoms with van der Waals surface area (Å²) in [5, 5.41) is 11.8. The number of nitrogens with zero attached hydrogens (tertiary/aromatic N) is 2. The number of rotatable bonds is 2. The average Bonchev–Trinajstić information content (AvgIpc) is 2.42. The first-order chi connectivity index (χ1) is 6.65. The summed E-state index contributed by atoms with van der Waals surface area (Å²) in [7, 11) is 0. The van der Waals surface area contributed by atoms with Crippen molar-refractivity contribution in [2.45, 2.75) is 19.9 Å². The van der Waals surface area contributed by atoms with Crippen LogP contribution in [0.15, 0.2) is 6.20 Å². The van der Waals surface area contributed by atoms with Crippen molar-refractivity contribution >= 4 is 11.9 Å². The first-order valence-electron chi connectivity index (χ1n) is 4.64. The van der Waals surface area contributed by atoms with Gasteiger partial charge >= 0.3 is 5.97 Å². The van der Waals surface area contributed by atoms with E-state index in [9.17, 15) is 4.79 Å².